The van der Waals surface area contributed by atoms with Crippen LogP contribution in [0.4, 0.5) is 0 Å². The van der Waals surface area contributed by atoms with Crippen LogP contribution in [0.3, 0.4) is 0 Å². The molecule has 0 aromatic rings. The van der Waals surface area contributed by atoms with Crippen LogP contribution in [0.2, 0.25) is 0 Å². The van der Waals surface area contributed by atoms with Crippen molar-refractivity contribution in [3.05, 3.63) is 0 Å². The van der Waals surface area contributed by atoms with E-state index in [1.54, 1.807) is 0 Å². The molecule has 1 saturated carbocycles. The van der Waals surface area contributed by atoms with Crippen molar-refractivity contribution in [2.24, 2.45) is 11.8 Å². The van der Waals surface area contributed by atoms with Gasteiger partial charge in [0.05, 0.1) is 18.8 Å². The van der Waals surface area contributed by atoms with Crippen LogP contribution in [-0.4, -0.2) is 42.8 Å². The minimum absolute atomic E-state index is 0.294. The number of nitrogens with zero attached hydrogens (tertiary/aromatic N) is 1. The van der Waals surface area contributed by atoms with Crippen molar-refractivity contribution in [3.8, 4) is 0 Å². The highest BCUT2D eigenvalue weighted by Gasteiger charge is 2.38. The first kappa shape index (κ1) is 13.8. The van der Waals surface area contributed by atoms with Gasteiger partial charge in [-0.2, -0.15) is 0 Å². The Kier molecular flexibility index (Phi) is 4.74. The molecule has 0 aromatic carbocycles. The minimum Gasteiger partial charge on any atom is -0.374 e. The predicted molar refractivity (Wildman–Crippen MR) is 76.6 cm³/mol. The van der Waals surface area contributed by atoms with Crippen molar-refractivity contribution in [2.75, 3.05) is 19.7 Å². The Morgan fingerprint density at radius 3 is 2.58 bits per heavy atom. The summed E-state index contributed by atoms with van der Waals surface area (Å²) in [7, 11) is 0. The van der Waals surface area contributed by atoms with Gasteiger partial charge in [-0.1, -0.05) is 25.7 Å². The average Bonchev–Trinajstić information content (AvgIpc) is 2.74. The van der Waals surface area contributed by atoms with E-state index in [4.69, 9.17) is 10.6 Å². The van der Waals surface area contributed by atoms with Crippen LogP contribution in [0, 0.1) is 5.92 Å². The molecule has 1 aliphatic carbocycles. The van der Waals surface area contributed by atoms with E-state index in [1.165, 1.54) is 57.9 Å². The molecule has 3 unspecified atom stereocenters. The fraction of sp³-hybridized carbons (Fsp3) is 1.00. The van der Waals surface area contributed by atoms with E-state index >= 15 is 0 Å². The van der Waals surface area contributed by atoms with Gasteiger partial charge in [0, 0.05) is 12.6 Å². The summed E-state index contributed by atoms with van der Waals surface area (Å²) in [5.74, 6) is 6.58. The first-order valence-electron chi connectivity index (χ1n) is 8.20. The standard InChI is InChI=1S/C15H29N3O/c16-17-15(12-6-3-1-2-4-7-12)14-10-18-9-5-8-13(18)11-19-14/h12-15,17H,1-11,16H2. The monoisotopic (exact) mass is 267 g/mol. The van der Waals surface area contributed by atoms with E-state index in [0.717, 1.165) is 13.2 Å². The third-order valence-corrected chi connectivity index (χ3v) is 5.42. The predicted octanol–water partition coefficient (Wildman–Crippen LogP) is 1.65. The molecule has 19 heavy (non-hydrogen) atoms. The summed E-state index contributed by atoms with van der Waals surface area (Å²) >= 11 is 0. The average molecular weight is 267 g/mol. The van der Waals surface area contributed by atoms with Crippen LogP contribution in [0.15, 0.2) is 0 Å². The maximum atomic E-state index is 6.15. The quantitative estimate of drug-likeness (QED) is 0.464. The molecule has 2 heterocycles. The Labute approximate surface area is 117 Å². The van der Waals surface area contributed by atoms with Crippen molar-refractivity contribution >= 4 is 0 Å². The van der Waals surface area contributed by atoms with Crippen LogP contribution in [-0.2, 0) is 4.74 Å². The number of nitrogens with one attached hydrogen (secondary N) is 1. The first-order chi connectivity index (χ1) is 9.38. The first-order valence-corrected chi connectivity index (χ1v) is 8.20. The van der Waals surface area contributed by atoms with Gasteiger partial charge in [0.15, 0.2) is 0 Å². The highest BCUT2D eigenvalue weighted by atomic mass is 16.5. The molecule has 3 N–H and O–H groups in total. The molecule has 0 amide bonds. The molecule has 4 heteroatoms. The number of rotatable bonds is 3. The van der Waals surface area contributed by atoms with Gasteiger partial charge in [-0.05, 0) is 38.1 Å². The molecule has 3 fully saturated rings. The van der Waals surface area contributed by atoms with Crippen molar-refractivity contribution in [3.63, 3.8) is 0 Å². The zero-order valence-electron chi connectivity index (χ0n) is 12.0. The Hall–Kier alpha value is -0.160. The lowest BCUT2D eigenvalue weighted by Crippen LogP contribution is -2.58. The van der Waals surface area contributed by atoms with E-state index < -0.39 is 0 Å². The van der Waals surface area contributed by atoms with Crippen molar-refractivity contribution in [2.45, 2.75) is 69.6 Å². The van der Waals surface area contributed by atoms with E-state index in [9.17, 15) is 0 Å². The smallest absolute Gasteiger partial charge is 0.0871 e. The van der Waals surface area contributed by atoms with Gasteiger partial charge in [0.1, 0.15) is 0 Å². The van der Waals surface area contributed by atoms with Gasteiger partial charge in [0.2, 0.25) is 0 Å². The molecule has 2 saturated heterocycles. The molecule has 0 aromatic heterocycles. The van der Waals surface area contributed by atoms with Crippen molar-refractivity contribution < 1.29 is 4.74 Å². The molecule has 110 valence electrons. The maximum Gasteiger partial charge on any atom is 0.0871 e. The lowest BCUT2D eigenvalue weighted by molar-refractivity contribution is -0.0745. The highest BCUT2D eigenvalue weighted by molar-refractivity contribution is 4.92. The molecule has 3 aliphatic rings. The zero-order valence-corrected chi connectivity index (χ0v) is 12.0. The largest absolute Gasteiger partial charge is 0.374 e. The van der Waals surface area contributed by atoms with Crippen LogP contribution >= 0.6 is 0 Å². The molecular formula is C15H29N3O. The van der Waals surface area contributed by atoms with Gasteiger partial charge in [-0.15, -0.1) is 0 Å². The minimum atomic E-state index is 0.294. The fourth-order valence-electron chi connectivity index (χ4n) is 4.28. The SMILES string of the molecule is NNC(C1CCCCCC1)C1CN2CCCC2CO1. The summed E-state index contributed by atoms with van der Waals surface area (Å²) < 4.78 is 6.15. The molecule has 0 radical (unpaired) electrons. The third-order valence-electron chi connectivity index (χ3n) is 5.42. The molecule has 0 bridgehead atoms. The lowest BCUT2D eigenvalue weighted by atomic mass is 9.88. The van der Waals surface area contributed by atoms with Crippen molar-refractivity contribution in [1.29, 1.82) is 0 Å². The second kappa shape index (κ2) is 6.53. The zero-order chi connectivity index (χ0) is 13.1. The van der Waals surface area contributed by atoms with Crippen molar-refractivity contribution in [1.82, 2.24) is 10.3 Å². The molecule has 0 spiro atoms. The molecule has 3 rings (SSSR count). The molecule has 2 aliphatic heterocycles. The highest BCUT2D eigenvalue weighted by Crippen LogP contribution is 2.30. The van der Waals surface area contributed by atoms with Crippen LogP contribution in [0.25, 0.3) is 0 Å². The van der Waals surface area contributed by atoms with E-state index in [1.807, 2.05) is 0 Å². The van der Waals surface area contributed by atoms with Crippen LogP contribution < -0.4 is 11.3 Å². The van der Waals surface area contributed by atoms with E-state index in [-0.39, 0.29) is 0 Å². The number of hydrazine groups is 1. The molecular weight excluding hydrogens is 238 g/mol. The number of hydrogen-bond acceptors (Lipinski definition) is 4. The second-order valence-corrected chi connectivity index (χ2v) is 6.61. The van der Waals surface area contributed by atoms with Gasteiger partial charge in [0.25, 0.3) is 0 Å². The van der Waals surface area contributed by atoms with Gasteiger partial charge >= 0.3 is 0 Å². The Morgan fingerprint density at radius 2 is 1.84 bits per heavy atom. The topological polar surface area (TPSA) is 50.5 Å². The van der Waals surface area contributed by atoms with E-state index in [0.29, 0.717) is 24.1 Å². The van der Waals surface area contributed by atoms with Gasteiger partial charge in [-0.3, -0.25) is 16.2 Å². The third kappa shape index (κ3) is 3.13. The Balaban J connectivity index is 1.61. The van der Waals surface area contributed by atoms with Crippen LogP contribution in [0.1, 0.15) is 51.4 Å². The summed E-state index contributed by atoms with van der Waals surface area (Å²) in [6, 6.07) is 1.03. The Bertz CT molecular complexity index is 279. The number of nitrogens with two attached hydrogens (primary N) is 1. The Morgan fingerprint density at radius 1 is 1.05 bits per heavy atom. The summed E-state index contributed by atoms with van der Waals surface area (Å²) in [6.45, 7) is 3.25. The number of fused-ring (bicyclic) bond motifs is 1. The van der Waals surface area contributed by atoms with Crippen LogP contribution in [0.5, 0.6) is 0 Å². The number of ether oxygens (including phenoxy) is 1. The number of hydrogen-bond donors (Lipinski definition) is 2. The van der Waals surface area contributed by atoms with Gasteiger partial charge < -0.3 is 4.74 Å². The molecule has 4 nitrogen and oxygen atoms in total. The second-order valence-electron chi connectivity index (χ2n) is 6.61. The summed E-state index contributed by atoms with van der Waals surface area (Å²) in [5.41, 5.74) is 3.10. The van der Waals surface area contributed by atoms with E-state index in [2.05, 4.69) is 10.3 Å². The summed E-state index contributed by atoms with van der Waals surface area (Å²) in [4.78, 5) is 2.62. The fourth-order valence-corrected chi connectivity index (χ4v) is 4.28. The maximum absolute atomic E-state index is 6.15. The molecule has 3 atom stereocenters. The summed E-state index contributed by atoms with van der Waals surface area (Å²) in [5, 5.41) is 0. The number of morpholine rings is 1. The normalized spacial score (nSPS) is 35.8. The summed E-state index contributed by atoms with van der Waals surface area (Å²) in [6.07, 6.45) is 11.1. The van der Waals surface area contributed by atoms with Gasteiger partial charge in [-0.25, -0.2) is 0 Å². The lowest BCUT2D eigenvalue weighted by Gasteiger charge is -2.41.